The van der Waals surface area contributed by atoms with Gasteiger partial charge in [0.2, 0.25) is 0 Å². The molecule has 0 N–H and O–H groups in total. The van der Waals surface area contributed by atoms with E-state index in [2.05, 4.69) is 0 Å². The fourth-order valence-electron chi connectivity index (χ4n) is 1.27. The third-order valence-corrected chi connectivity index (χ3v) is 2.37. The van der Waals surface area contributed by atoms with E-state index in [0.717, 1.165) is 15.7 Å². The Morgan fingerprint density at radius 2 is 1.62 bits per heavy atom. The largest absolute Gasteiger partial charge is 1.00 e. The van der Waals surface area contributed by atoms with Crippen molar-refractivity contribution in [2.45, 2.75) is 4.90 Å². The monoisotopic (exact) mass is 182 g/mol. The van der Waals surface area contributed by atoms with Crippen LogP contribution in [-0.2, 0) is 0 Å². The van der Waals surface area contributed by atoms with Crippen LogP contribution in [0.5, 0.6) is 0 Å². The molecule has 2 rings (SSSR count). The normalized spacial score (nSPS) is 9.62. The first-order valence-electron chi connectivity index (χ1n) is 3.69. The molecule has 60 valence electrons. The summed E-state index contributed by atoms with van der Waals surface area (Å²) in [4.78, 5) is 0.799. The van der Waals surface area contributed by atoms with Gasteiger partial charge in [-0.15, -0.1) is 0 Å². The molecule has 0 saturated heterocycles. The summed E-state index contributed by atoms with van der Waals surface area (Å²) in [5.41, 5.74) is 0. The topological polar surface area (TPSA) is 23.1 Å². The second-order valence-corrected chi connectivity index (χ2v) is 3.17. The molecular formula is C10H7LiOS. The van der Waals surface area contributed by atoms with E-state index < -0.39 is 0 Å². The van der Waals surface area contributed by atoms with Gasteiger partial charge in [-0.05, 0) is 16.8 Å². The predicted molar refractivity (Wildman–Crippen MR) is 50.6 cm³/mol. The third kappa shape index (κ3) is 2.10. The van der Waals surface area contributed by atoms with Crippen molar-refractivity contribution in [1.82, 2.24) is 0 Å². The average Bonchev–Trinajstić information content (AvgIpc) is 2.17. The summed E-state index contributed by atoms with van der Waals surface area (Å²) in [6.07, 6.45) is 0. The molecule has 0 atom stereocenters. The van der Waals surface area contributed by atoms with Crippen molar-refractivity contribution in [3.63, 3.8) is 0 Å². The van der Waals surface area contributed by atoms with Crippen LogP contribution in [0.15, 0.2) is 47.4 Å². The van der Waals surface area contributed by atoms with Crippen molar-refractivity contribution in [2.24, 2.45) is 0 Å². The molecule has 1 nitrogen and oxygen atoms in total. The van der Waals surface area contributed by atoms with Gasteiger partial charge in [-0.3, -0.25) is 0 Å². The molecule has 13 heavy (non-hydrogen) atoms. The molecule has 0 amide bonds. The van der Waals surface area contributed by atoms with Crippen LogP contribution in [0.2, 0.25) is 0 Å². The van der Waals surface area contributed by atoms with Gasteiger partial charge in [0, 0.05) is 4.90 Å². The molecule has 0 unspecified atom stereocenters. The van der Waals surface area contributed by atoms with Crippen molar-refractivity contribution in [3.05, 3.63) is 42.5 Å². The van der Waals surface area contributed by atoms with Gasteiger partial charge >= 0.3 is 18.9 Å². The van der Waals surface area contributed by atoms with Gasteiger partial charge in [-0.25, -0.2) is 12.0 Å². The van der Waals surface area contributed by atoms with Gasteiger partial charge in [0.1, 0.15) is 0 Å². The predicted octanol–water partition coefficient (Wildman–Crippen LogP) is 0.0663. The number of rotatable bonds is 1. The zero-order chi connectivity index (χ0) is 8.39. The third-order valence-electron chi connectivity index (χ3n) is 1.84. The first kappa shape index (κ1) is 10.7. The molecule has 0 aromatic heterocycles. The van der Waals surface area contributed by atoms with Crippen molar-refractivity contribution < 1.29 is 23.4 Å². The van der Waals surface area contributed by atoms with Crippen molar-refractivity contribution in [1.29, 1.82) is 0 Å². The summed E-state index contributed by atoms with van der Waals surface area (Å²) in [5, 5.41) is 2.17. The molecule has 0 heterocycles. The summed E-state index contributed by atoms with van der Waals surface area (Å²) in [5.74, 6) is 0. The molecule has 2 aromatic carbocycles. The molecular weight excluding hydrogens is 175 g/mol. The summed E-state index contributed by atoms with van der Waals surface area (Å²) in [7, 11) is 0. The number of hydrogen-bond acceptors (Lipinski definition) is 2. The molecule has 0 bridgehead atoms. The molecule has 0 radical (unpaired) electrons. The molecule has 0 saturated carbocycles. The van der Waals surface area contributed by atoms with E-state index in [-0.39, 0.29) is 18.9 Å². The van der Waals surface area contributed by atoms with E-state index in [4.69, 9.17) is 0 Å². The summed E-state index contributed by atoms with van der Waals surface area (Å²) in [6, 6.07) is 13.7. The van der Waals surface area contributed by atoms with E-state index in [1.165, 1.54) is 0 Å². The van der Waals surface area contributed by atoms with Gasteiger partial charge in [-0.2, -0.15) is 0 Å². The van der Waals surface area contributed by atoms with E-state index >= 15 is 0 Å². The zero-order valence-corrected chi connectivity index (χ0v) is 8.17. The molecule has 0 aliphatic heterocycles. The second kappa shape index (κ2) is 4.74. The summed E-state index contributed by atoms with van der Waals surface area (Å²) in [6.45, 7) is 0. The number of hydrogen-bond donors (Lipinski definition) is 0. The first-order chi connectivity index (χ1) is 5.92. The fourth-order valence-corrected chi connectivity index (χ4v) is 1.68. The van der Waals surface area contributed by atoms with Crippen LogP contribution in [0.1, 0.15) is 0 Å². The summed E-state index contributed by atoms with van der Waals surface area (Å²) < 4.78 is 10.7. The number of fused-ring (bicyclic) bond motifs is 1. The SMILES string of the molecule is [Li+].[O-]Sc1cccc2ccccc12. The van der Waals surface area contributed by atoms with Gasteiger partial charge < -0.3 is 4.55 Å². The van der Waals surface area contributed by atoms with Gasteiger partial charge in [0.05, 0.1) is 0 Å². The Morgan fingerprint density at radius 1 is 0.923 bits per heavy atom. The van der Waals surface area contributed by atoms with Crippen LogP contribution in [0, 0.1) is 0 Å². The zero-order valence-electron chi connectivity index (χ0n) is 7.36. The minimum atomic E-state index is 0. The average molecular weight is 182 g/mol. The first-order valence-corrected chi connectivity index (χ1v) is 4.43. The van der Waals surface area contributed by atoms with E-state index in [0.29, 0.717) is 12.0 Å². The fraction of sp³-hybridized carbons (Fsp3) is 0. The van der Waals surface area contributed by atoms with Crippen LogP contribution >= 0.6 is 12.0 Å². The maximum atomic E-state index is 10.7. The Hall–Kier alpha value is -0.393. The Balaban J connectivity index is 0.000000845. The van der Waals surface area contributed by atoms with Gasteiger partial charge in [-0.1, -0.05) is 36.4 Å². The molecule has 0 aliphatic rings. The van der Waals surface area contributed by atoms with Gasteiger partial charge in [0.15, 0.2) is 0 Å². The number of benzene rings is 2. The van der Waals surface area contributed by atoms with Crippen LogP contribution in [-0.4, -0.2) is 4.55 Å². The Morgan fingerprint density at radius 3 is 2.38 bits per heavy atom. The van der Waals surface area contributed by atoms with Crippen molar-refractivity contribution in [2.75, 3.05) is 0 Å². The standard InChI is InChI=1S/C10H8OS.Li/c11-12-10-7-3-5-8-4-1-2-6-9(8)10;/h1-7,11H;/q;+1/p-1. The van der Waals surface area contributed by atoms with E-state index in [1.807, 2.05) is 42.5 Å². The van der Waals surface area contributed by atoms with Crippen LogP contribution in [0.3, 0.4) is 0 Å². The van der Waals surface area contributed by atoms with E-state index in [1.54, 1.807) is 0 Å². The van der Waals surface area contributed by atoms with Gasteiger partial charge in [0.25, 0.3) is 0 Å². The van der Waals surface area contributed by atoms with E-state index in [9.17, 15) is 4.55 Å². The molecule has 2 aromatic rings. The smallest absolute Gasteiger partial charge is 0.795 e. The Labute approximate surface area is 93.5 Å². The second-order valence-electron chi connectivity index (χ2n) is 2.56. The summed E-state index contributed by atoms with van der Waals surface area (Å²) >= 11 is 0.548. The van der Waals surface area contributed by atoms with Crippen LogP contribution in [0.25, 0.3) is 10.8 Å². The molecule has 3 heteroatoms. The Bertz CT molecular complexity index is 398. The molecule has 0 aliphatic carbocycles. The maximum absolute atomic E-state index is 10.7. The molecule has 0 spiro atoms. The minimum Gasteiger partial charge on any atom is -0.795 e. The molecule has 0 fully saturated rings. The van der Waals surface area contributed by atoms with Crippen LogP contribution in [0.4, 0.5) is 0 Å². The van der Waals surface area contributed by atoms with Crippen LogP contribution < -0.4 is 18.9 Å². The van der Waals surface area contributed by atoms with Crippen molar-refractivity contribution >= 4 is 22.8 Å². The quantitative estimate of drug-likeness (QED) is 0.460. The minimum absolute atomic E-state index is 0. The maximum Gasteiger partial charge on any atom is 1.00 e. The Kier molecular flexibility index (Phi) is 3.89. The van der Waals surface area contributed by atoms with Crippen molar-refractivity contribution in [3.8, 4) is 0 Å².